The second-order valence-electron chi connectivity index (χ2n) is 3.53. The van der Waals surface area contributed by atoms with E-state index >= 15 is 0 Å². The Hall–Kier alpha value is -2.59. The number of nitrogens with zero attached hydrogens (tertiary/aromatic N) is 2. The van der Waals surface area contributed by atoms with Crippen molar-refractivity contribution in [2.45, 2.75) is 12.8 Å². The lowest BCUT2D eigenvalue weighted by Crippen LogP contribution is -2.28. The van der Waals surface area contributed by atoms with Gasteiger partial charge in [-0.2, -0.15) is 5.26 Å². The predicted molar refractivity (Wildman–Crippen MR) is 60.7 cm³/mol. The number of carbonyl (C=O) groups is 2. The highest BCUT2D eigenvalue weighted by molar-refractivity contribution is 6.19. The Balaban J connectivity index is 2.27. The van der Waals surface area contributed by atoms with Gasteiger partial charge in [-0.1, -0.05) is 5.92 Å². The summed E-state index contributed by atoms with van der Waals surface area (Å²) >= 11 is 0. The number of anilines is 1. The number of hydrogen-bond donors (Lipinski definition) is 0. The molecule has 0 atom stereocenters. The van der Waals surface area contributed by atoms with Gasteiger partial charge in [0.1, 0.15) is 0 Å². The summed E-state index contributed by atoms with van der Waals surface area (Å²) in [5.74, 6) is 4.56. The third kappa shape index (κ3) is 2.16. The lowest BCUT2D eigenvalue weighted by atomic mass is 10.2. The van der Waals surface area contributed by atoms with Crippen LogP contribution in [0.2, 0.25) is 0 Å². The first-order valence-corrected chi connectivity index (χ1v) is 5.08. The van der Waals surface area contributed by atoms with E-state index in [0.717, 1.165) is 0 Å². The van der Waals surface area contributed by atoms with Crippen LogP contribution in [0.25, 0.3) is 0 Å². The van der Waals surface area contributed by atoms with Crippen LogP contribution in [0.1, 0.15) is 18.4 Å². The Labute approximate surface area is 98.5 Å². The van der Waals surface area contributed by atoms with E-state index in [9.17, 15) is 9.59 Å². The van der Waals surface area contributed by atoms with Gasteiger partial charge in [-0.05, 0) is 24.3 Å². The molecule has 2 rings (SSSR count). The van der Waals surface area contributed by atoms with Crippen LogP contribution in [0.15, 0.2) is 24.3 Å². The van der Waals surface area contributed by atoms with Crippen LogP contribution in [0.4, 0.5) is 5.69 Å². The molecule has 0 aliphatic carbocycles. The molecule has 0 N–H and O–H groups in total. The van der Waals surface area contributed by atoms with Crippen molar-refractivity contribution < 1.29 is 9.59 Å². The molecule has 0 unspecified atom stereocenters. The van der Waals surface area contributed by atoms with Gasteiger partial charge in [-0.3, -0.25) is 14.5 Å². The van der Waals surface area contributed by atoms with E-state index in [4.69, 9.17) is 5.26 Å². The number of carbonyl (C=O) groups excluding carboxylic acids is 2. The van der Waals surface area contributed by atoms with Crippen molar-refractivity contribution in [3.63, 3.8) is 0 Å². The maximum atomic E-state index is 11.5. The summed E-state index contributed by atoms with van der Waals surface area (Å²) in [5, 5.41) is 8.30. The van der Waals surface area contributed by atoms with Crippen molar-refractivity contribution in [3.8, 4) is 17.9 Å². The van der Waals surface area contributed by atoms with Gasteiger partial charge < -0.3 is 0 Å². The fourth-order valence-electron chi connectivity index (χ4n) is 1.66. The van der Waals surface area contributed by atoms with Gasteiger partial charge >= 0.3 is 0 Å². The second-order valence-corrected chi connectivity index (χ2v) is 3.53. The molecule has 0 bridgehead atoms. The smallest absolute Gasteiger partial charge is 0.234 e. The molecule has 1 aliphatic heterocycles. The Kier molecular flexibility index (Phi) is 2.89. The van der Waals surface area contributed by atoms with Gasteiger partial charge in [0.15, 0.2) is 6.07 Å². The molecule has 2 amide bonds. The average molecular weight is 224 g/mol. The topological polar surface area (TPSA) is 61.2 Å². The summed E-state index contributed by atoms with van der Waals surface area (Å²) in [6.07, 6.45) is 0.545. The molecule has 1 heterocycles. The molecule has 1 saturated heterocycles. The van der Waals surface area contributed by atoms with Crippen LogP contribution in [0.5, 0.6) is 0 Å². The van der Waals surface area contributed by atoms with Crippen LogP contribution in [0, 0.1) is 23.2 Å². The number of nitriles is 1. The zero-order valence-electron chi connectivity index (χ0n) is 8.93. The van der Waals surface area contributed by atoms with E-state index in [1.54, 1.807) is 30.3 Å². The van der Waals surface area contributed by atoms with Crippen LogP contribution in [-0.2, 0) is 9.59 Å². The zero-order valence-corrected chi connectivity index (χ0v) is 8.93. The zero-order chi connectivity index (χ0) is 12.3. The minimum Gasteiger partial charge on any atom is -0.274 e. The first-order valence-electron chi connectivity index (χ1n) is 5.08. The molecule has 1 fully saturated rings. The molecular weight excluding hydrogens is 216 g/mol. The van der Waals surface area contributed by atoms with Crippen molar-refractivity contribution in [1.82, 2.24) is 0 Å². The third-order valence-electron chi connectivity index (χ3n) is 2.44. The molecule has 0 saturated carbocycles. The number of rotatable bonds is 1. The third-order valence-corrected chi connectivity index (χ3v) is 2.44. The van der Waals surface area contributed by atoms with Gasteiger partial charge in [0.2, 0.25) is 11.8 Å². The first-order chi connectivity index (χ1) is 8.22. The minimum absolute atomic E-state index is 0.175. The van der Waals surface area contributed by atoms with Gasteiger partial charge in [-0.15, -0.1) is 0 Å². The molecule has 4 heteroatoms. The summed E-state index contributed by atoms with van der Waals surface area (Å²) in [6, 6.07) is 8.39. The fourth-order valence-corrected chi connectivity index (χ4v) is 1.66. The maximum Gasteiger partial charge on any atom is 0.234 e. The average Bonchev–Trinajstić information content (AvgIpc) is 2.67. The minimum atomic E-state index is -0.175. The highest BCUT2D eigenvalue weighted by Crippen LogP contribution is 2.22. The summed E-state index contributed by atoms with van der Waals surface area (Å²) in [7, 11) is 0. The monoisotopic (exact) mass is 224 g/mol. The van der Waals surface area contributed by atoms with Crippen LogP contribution < -0.4 is 4.90 Å². The van der Waals surface area contributed by atoms with E-state index in [1.807, 2.05) is 0 Å². The van der Waals surface area contributed by atoms with E-state index in [2.05, 4.69) is 11.8 Å². The van der Waals surface area contributed by atoms with Crippen molar-refractivity contribution >= 4 is 17.5 Å². The standard InChI is InChI=1S/C13H8N2O2/c14-9-1-2-10-3-5-11(6-4-10)15-12(16)7-8-13(15)17/h3-6H,7-8H2. The summed E-state index contributed by atoms with van der Waals surface area (Å²) in [5.41, 5.74) is 1.23. The van der Waals surface area contributed by atoms with Crippen molar-refractivity contribution in [2.75, 3.05) is 4.90 Å². The summed E-state index contributed by atoms with van der Waals surface area (Å²) in [4.78, 5) is 24.1. The molecule has 0 spiro atoms. The van der Waals surface area contributed by atoms with E-state index < -0.39 is 0 Å². The SMILES string of the molecule is N#CC#Cc1ccc(N2C(=O)CCC2=O)cc1. The van der Waals surface area contributed by atoms with Gasteiger partial charge in [-0.25, -0.2) is 0 Å². The Morgan fingerprint density at radius 2 is 1.65 bits per heavy atom. The first kappa shape index (κ1) is 10.9. The normalized spacial score (nSPS) is 14.2. The molecule has 82 valence electrons. The molecule has 17 heavy (non-hydrogen) atoms. The number of hydrogen-bond acceptors (Lipinski definition) is 3. The van der Waals surface area contributed by atoms with Crippen LogP contribution in [0.3, 0.4) is 0 Å². The quantitative estimate of drug-likeness (QED) is 0.532. The molecular formula is C13H8N2O2. The Morgan fingerprint density at radius 1 is 1.06 bits per heavy atom. The molecule has 1 aromatic rings. The van der Waals surface area contributed by atoms with Crippen molar-refractivity contribution in [3.05, 3.63) is 29.8 Å². The lowest BCUT2D eigenvalue weighted by molar-refractivity contribution is -0.121. The molecule has 4 nitrogen and oxygen atoms in total. The van der Waals surface area contributed by atoms with Crippen LogP contribution >= 0.6 is 0 Å². The Morgan fingerprint density at radius 3 is 2.18 bits per heavy atom. The number of imide groups is 1. The van der Waals surface area contributed by atoms with Crippen molar-refractivity contribution in [2.24, 2.45) is 0 Å². The molecule has 1 aliphatic rings. The maximum absolute atomic E-state index is 11.5. The van der Waals surface area contributed by atoms with E-state index in [-0.39, 0.29) is 24.7 Å². The largest absolute Gasteiger partial charge is 0.274 e. The van der Waals surface area contributed by atoms with Crippen LogP contribution in [-0.4, -0.2) is 11.8 Å². The molecule has 1 aromatic carbocycles. The van der Waals surface area contributed by atoms with Crippen molar-refractivity contribution in [1.29, 1.82) is 5.26 Å². The van der Waals surface area contributed by atoms with Gasteiger partial charge in [0.05, 0.1) is 5.69 Å². The molecule has 0 aromatic heterocycles. The van der Waals surface area contributed by atoms with E-state index in [1.165, 1.54) is 4.90 Å². The van der Waals surface area contributed by atoms with Gasteiger partial charge in [0, 0.05) is 24.3 Å². The predicted octanol–water partition coefficient (Wildman–Crippen LogP) is 1.22. The molecule has 0 radical (unpaired) electrons. The fraction of sp³-hybridized carbons (Fsp3) is 0.154. The number of benzene rings is 1. The van der Waals surface area contributed by atoms with E-state index in [0.29, 0.717) is 11.3 Å². The highest BCUT2D eigenvalue weighted by Gasteiger charge is 2.29. The lowest BCUT2D eigenvalue weighted by Gasteiger charge is -2.13. The summed E-state index contributed by atoms with van der Waals surface area (Å²) < 4.78 is 0. The second kappa shape index (κ2) is 4.51. The highest BCUT2D eigenvalue weighted by atomic mass is 16.2. The van der Waals surface area contributed by atoms with Gasteiger partial charge in [0.25, 0.3) is 0 Å². The Bertz CT molecular complexity index is 554. The number of amides is 2. The summed E-state index contributed by atoms with van der Waals surface area (Å²) in [6.45, 7) is 0.